The number of hydrogen-bond donors (Lipinski definition) is 0. The van der Waals surface area contributed by atoms with Gasteiger partial charge in [-0.3, -0.25) is 18.6 Å². The van der Waals surface area contributed by atoms with E-state index in [1.54, 1.807) is 0 Å². The first-order valence-corrected chi connectivity index (χ1v) is 9.28. The molecule has 0 bridgehead atoms. The van der Waals surface area contributed by atoms with Crippen molar-refractivity contribution in [1.82, 2.24) is 0 Å². The van der Waals surface area contributed by atoms with Crippen LogP contribution in [0.3, 0.4) is 0 Å². The van der Waals surface area contributed by atoms with E-state index >= 15 is 0 Å². The Morgan fingerprint density at radius 1 is 0.963 bits per heavy atom. The summed E-state index contributed by atoms with van der Waals surface area (Å²) in [5.41, 5.74) is -7.50. The largest absolute Gasteiger partial charge is 0.523 e. The molecule has 0 radical (unpaired) electrons. The topological polar surface area (TPSA) is 113 Å². The van der Waals surface area contributed by atoms with E-state index in [1.807, 2.05) is 0 Å². The summed E-state index contributed by atoms with van der Waals surface area (Å²) in [6.45, 7) is 2.54. The van der Waals surface area contributed by atoms with Gasteiger partial charge in [0.05, 0.1) is 25.7 Å². The van der Waals surface area contributed by atoms with Crippen LogP contribution in [0.25, 0.3) is 0 Å². The molecule has 0 aromatic rings. The van der Waals surface area contributed by atoms with Gasteiger partial charge >= 0.3 is 27.6 Å². The van der Waals surface area contributed by atoms with Gasteiger partial charge in [-0.2, -0.15) is 21.6 Å². The summed E-state index contributed by atoms with van der Waals surface area (Å²) in [6, 6.07) is 0. The fraction of sp³-hybridized carbons (Fsp3) is 0.800. The van der Waals surface area contributed by atoms with Crippen molar-refractivity contribution in [2.45, 2.75) is 51.1 Å². The molecular weight excluding hydrogens is 397 g/mol. The third-order valence-electron chi connectivity index (χ3n) is 4.71. The number of carbonyl (C=O) groups is 3. The van der Waals surface area contributed by atoms with E-state index in [1.165, 1.54) is 14.0 Å². The highest BCUT2D eigenvalue weighted by Gasteiger charge is 2.59. The number of Topliss-reactive ketones (excluding diaryl/α,β-unsaturated/α-hetero) is 1. The molecule has 0 aromatic carbocycles. The Morgan fingerprint density at radius 3 is 1.63 bits per heavy atom. The second kappa shape index (κ2) is 7.74. The van der Waals surface area contributed by atoms with Crippen molar-refractivity contribution < 1.29 is 49.6 Å². The predicted molar refractivity (Wildman–Crippen MR) is 83.6 cm³/mol. The quantitative estimate of drug-likeness (QED) is 0.277. The van der Waals surface area contributed by atoms with E-state index in [2.05, 4.69) is 13.7 Å². The highest BCUT2D eigenvalue weighted by atomic mass is 32.2. The Labute approximate surface area is 154 Å². The average molecular weight is 418 g/mol. The second-order valence-electron chi connectivity index (χ2n) is 6.42. The first-order chi connectivity index (χ1) is 12.2. The van der Waals surface area contributed by atoms with Crippen LogP contribution in [0.4, 0.5) is 13.2 Å². The van der Waals surface area contributed by atoms with Crippen LogP contribution in [0.15, 0.2) is 0 Å². The normalized spacial score (nSPS) is 20.4. The second-order valence-corrected chi connectivity index (χ2v) is 7.98. The molecule has 2 saturated carbocycles. The lowest BCUT2D eigenvalue weighted by atomic mass is 10.0. The van der Waals surface area contributed by atoms with E-state index in [0.717, 1.165) is 14.0 Å². The smallest absolute Gasteiger partial charge is 0.469 e. The number of ether oxygens (including phenoxy) is 2. The Hall–Kier alpha value is -1.69. The van der Waals surface area contributed by atoms with E-state index in [4.69, 9.17) is 0 Å². The monoisotopic (exact) mass is 418 g/mol. The summed E-state index contributed by atoms with van der Waals surface area (Å²) >= 11 is 0. The fourth-order valence-corrected chi connectivity index (χ4v) is 3.14. The molecule has 0 aliphatic heterocycles. The van der Waals surface area contributed by atoms with Crippen LogP contribution >= 0.6 is 0 Å². The third kappa shape index (κ3) is 4.78. The van der Waals surface area contributed by atoms with Gasteiger partial charge in [-0.1, -0.05) is 0 Å². The molecule has 1 unspecified atom stereocenters. The average Bonchev–Trinajstić information content (AvgIpc) is 3.45. The lowest BCUT2D eigenvalue weighted by Gasteiger charge is -2.21. The lowest BCUT2D eigenvalue weighted by Crippen LogP contribution is -2.37. The van der Waals surface area contributed by atoms with Crippen LogP contribution in [-0.2, 0) is 38.2 Å². The zero-order valence-corrected chi connectivity index (χ0v) is 16.0. The van der Waals surface area contributed by atoms with Crippen molar-refractivity contribution in [3.63, 3.8) is 0 Å². The van der Waals surface area contributed by atoms with Crippen LogP contribution in [0.1, 0.15) is 39.5 Å². The van der Waals surface area contributed by atoms with Crippen LogP contribution in [0, 0.1) is 10.8 Å². The summed E-state index contributed by atoms with van der Waals surface area (Å²) in [7, 11) is -3.30. The van der Waals surface area contributed by atoms with Crippen LogP contribution < -0.4 is 0 Å². The molecule has 27 heavy (non-hydrogen) atoms. The number of halogens is 3. The van der Waals surface area contributed by atoms with Gasteiger partial charge in [0.1, 0.15) is 11.2 Å². The number of rotatable bonds is 6. The van der Waals surface area contributed by atoms with Gasteiger partial charge in [0.15, 0.2) is 0 Å². The number of esters is 2. The van der Waals surface area contributed by atoms with E-state index in [9.17, 15) is 36.0 Å². The third-order valence-corrected chi connectivity index (χ3v) is 5.82. The number of ketones is 1. The molecule has 8 nitrogen and oxygen atoms in total. The van der Waals surface area contributed by atoms with E-state index in [0.29, 0.717) is 12.8 Å². The van der Waals surface area contributed by atoms with E-state index in [-0.39, 0.29) is 24.6 Å². The Kier molecular flexibility index (Phi) is 6.69. The van der Waals surface area contributed by atoms with Gasteiger partial charge in [0.25, 0.3) is 0 Å². The van der Waals surface area contributed by atoms with Crippen molar-refractivity contribution in [3.8, 4) is 0 Å². The molecular formula is C15H21F3O8S. The predicted octanol–water partition coefficient (Wildman–Crippen LogP) is 1.72. The van der Waals surface area contributed by atoms with Crippen molar-refractivity contribution in [2.24, 2.45) is 10.8 Å². The maximum atomic E-state index is 12.1. The van der Waals surface area contributed by atoms with Crippen LogP contribution in [0.2, 0.25) is 0 Å². The SMILES string of the molecule is COC(=O)C1(C(C)=O)CC1.COC(=O)C1(C(C)OS(=O)(=O)C(F)(F)F)CC1. The first kappa shape index (κ1) is 23.3. The molecule has 12 heteroatoms. The highest BCUT2D eigenvalue weighted by molar-refractivity contribution is 7.87. The van der Waals surface area contributed by atoms with Gasteiger partial charge in [0.2, 0.25) is 0 Å². The minimum Gasteiger partial charge on any atom is -0.469 e. The minimum atomic E-state index is -5.69. The van der Waals surface area contributed by atoms with Gasteiger partial charge in [-0.15, -0.1) is 0 Å². The zero-order chi connectivity index (χ0) is 21.3. The molecule has 0 N–H and O–H groups in total. The molecule has 2 rings (SSSR count). The molecule has 0 heterocycles. The maximum Gasteiger partial charge on any atom is 0.523 e. The summed E-state index contributed by atoms with van der Waals surface area (Å²) in [6.07, 6.45) is 0.411. The van der Waals surface area contributed by atoms with Crippen molar-refractivity contribution in [1.29, 1.82) is 0 Å². The van der Waals surface area contributed by atoms with Gasteiger partial charge in [-0.25, -0.2) is 0 Å². The molecule has 2 aliphatic rings. The molecule has 0 spiro atoms. The summed E-state index contributed by atoms with van der Waals surface area (Å²) in [5.74, 6) is -1.21. The summed E-state index contributed by atoms with van der Waals surface area (Å²) in [4.78, 5) is 33.0. The maximum absolute atomic E-state index is 12.1. The van der Waals surface area contributed by atoms with Crippen molar-refractivity contribution in [2.75, 3.05) is 14.2 Å². The van der Waals surface area contributed by atoms with E-state index < -0.39 is 38.5 Å². The molecule has 1 atom stereocenters. The van der Waals surface area contributed by atoms with Gasteiger partial charge in [-0.05, 0) is 39.5 Å². The Morgan fingerprint density at radius 2 is 1.41 bits per heavy atom. The number of carbonyl (C=O) groups excluding carboxylic acids is 3. The molecule has 2 aliphatic carbocycles. The summed E-state index contributed by atoms with van der Waals surface area (Å²) < 4.78 is 70.5. The molecule has 0 amide bonds. The summed E-state index contributed by atoms with van der Waals surface area (Å²) in [5, 5.41) is 0. The molecule has 0 saturated heterocycles. The van der Waals surface area contributed by atoms with Crippen molar-refractivity contribution >= 4 is 27.8 Å². The number of alkyl halides is 3. The van der Waals surface area contributed by atoms with Crippen LogP contribution in [0.5, 0.6) is 0 Å². The standard InChI is InChI=1S/C8H11F3O5S.C7H10O3/c1-5(7(3-4-7)6(12)15-2)16-17(13,14)8(9,10)11;1-5(8)7(3-4-7)6(9)10-2/h5H,3-4H2,1-2H3;3-4H2,1-2H3. The molecule has 0 aromatic heterocycles. The van der Waals surface area contributed by atoms with Crippen molar-refractivity contribution in [3.05, 3.63) is 0 Å². The van der Waals surface area contributed by atoms with Gasteiger partial charge < -0.3 is 9.47 Å². The van der Waals surface area contributed by atoms with Crippen LogP contribution in [-0.4, -0.2) is 52.0 Å². The Bertz CT molecular complexity index is 705. The molecule has 156 valence electrons. The lowest BCUT2D eigenvalue weighted by molar-refractivity contribution is -0.152. The highest BCUT2D eigenvalue weighted by Crippen LogP contribution is 2.51. The Balaban J connectivity index is 0.000000309. The van der Waals surface area contributed by atoms with Gasteiger partial charge in [0, 0.05) is 0 Å². The number of methoxy groups -OCH3 is 2. The molecule has 2 fully saturated rings. The number of hydrogen-bond acceptors (Lipinski definition) is 8. The zero-order valence-electron chi connectivity index (χ0n) is 15.2. The first-order valence-electron chi connectivity index (χ1n) is 7.87. The minimum absolute atomic E-state index is 0.0700. The fourth-order valence-electron chi connectivity index (χ4n) is 2.47.